The Balaban J connectivity index is 1.64. The fourth-order valence-corrected chi connectivity index (χ4v) is 3.48. The first-order valence-electron chi connectivity index (χ1n) is 9.11. The number of rotatable bonds is 5. The van der Waals surface area contributed by atoms with Gasteiger partial charge in [-0.05, 0) is 22.4 Å². The van der Waals surface area contributed by atoms with Crippen molar-refractivity contribution in [1.82, 2.24) is 14.9 Å². The summed E-state index contributed by atoms with van der Waals surface area (Å²) in [5.74, 6) is 0.0185. The Morgan fingerprint density at radius 1 is 1.07 bits per heavy atom. The van der Waals surface area contributed by atoms with Crippen LogP contribution >= 0.6 is 0 Å². The third kappa shape index (κ3) is 3.51. The third-order valence-electron chi connectivity index (χ3n) is 4.87. The van der Waals surface area contributed by atoms with Gasteiger partial charge in [0.1, 0.15) is 17.7 Å². The molecule has 0 saturated heterocycles. The van der Waals surface area contributed by atoms with Gasteiger partial charge in [-0.25, -0.2) is 9.37 Å². The molecule has 0 aliphatic rings. The summed E-state index contributed by atoms with van der Waals surface area (Å²) in [5.41, 5.74) is 1.32. The van der Waals surface area contributed by atoms with Crippen molar-refractivity contribution < 1.29 is 9.18 Å². The Morgan fingerprint density at radius 2 is 1.82 bits per heavy atom. The number of imidazole rings is 1. The van der Waals surface area contributed by atoms with Gasteiger partial charge < -0.3 is 9.88 Å². The molecule has 0 unspecified atom stereocenters. The van der Waals surface area contributed by atoms with Crippen molar-refractivity contribution in [3.63, 3.8) is 0 Å². The molecule has 3 aromatic carbocycles. The fourth-order valence-electron chi connectivity index (χ4n) is 3.48. The van der Waals surface area contributed by atoms with E-state index in [1.807, 2.05) is 49.5 Å². The lowest BCUT2D eigenvalue weighted by molar-refractivity contribution is -0.121. The number of aryl methyl sites for hydroxylation is 1. The van der Waals surface area contributed by atoms with E-state index in [1.165, 1.54) is 6.07 Å². The Morgan fingerprint density at radius 3 is 2.61 bits per heavy atom. The molecule has 4 aromatic rings. The van der Waals surface area contributed by atoms with Crippen LogP contribution < -0.4 is 5.32 Å². The van der Waals surface area contributed by atoms with Gasteiger partial charge in [0.2, 0.25) is 5.91 Å². The highest BCUT2D eigenvalue weighted by Crippen LogP contribution is 2.24. The number of halogens is 1. The molecule has 0 saturated carbocycles. The summed E-state index contributed by atoms with van der Waals surface area (Å²) in [6.07, 6.45) is 3.62. The molecule has 4 nitrogen and oxygen atoms in total. The molecule has 0 radical (unpaired) electrons. The molecule has 1 amide bonds. The molecule has 0 spiro atoms. The summed E-state index contributed by atoms with van der Waals surface area (Å²) < 4.78 is 16.2. The summed E-state index contributed by atoms with van der Waals surface area (Å²) in [6.45, 7) is 0. The molecular formula is C23H20FN3O. The summed E-state index contributed by atoms with van der Waals surface area (Å²) in [5, 5.41) is 5.10. The van der Waals surface area contributed by atoms with E-state index in [2.05, 4.69) is 10.3 Å². The van der Waals surface area contributed by atoms with Crippen LogP contribution in [0.15, 0.2) is 79.1 Å². The number of nitrogens with one attached hydrogen (secondary N) is 1. The molecule has 0 aliphatic carbocycles. The van der Waals surface area contributed by atoms with Crippen molar-refractivity contribution >= 4 is 16.7 Å². The van der Waals surface area contributed by atoms with Gasteiger partial charge in [-0.3, -0.25) is 4.79 Å². The average Bonchev–Trinajstić information content (AvgIpc) is 3.13. The quantitative estimate of drug-likeness (QED) is 0.571. The monoisotopic (exact) mass is 373 g/mol. The van der Waals surface area contributed by atoms with Gasteiger partial charge in [0.15, 0.2) is 0 Å². The molecule has 1 atom stereocenters. The van der Waals surface area contributed by atoms with Gasteiger partial charge in [0.05, 0.1) is 6.42 Å². The Hall–Kier alpha value is -3.47. The lowest BCUT2D eigenvalue weighted by Crippen LogP contribution is -2.32. The van der Waals surface area contributed by atoms with Crippen molar-refractivity contribution in [3.8, 4) is 0 Å². The summed E-state index contributed by atoms with van der Waals surface area (Å²) in [4.78, 5) is 17.2. The van der Waals surface area contributed by atoms with Crippen LogP contribution in [-0.2, 0) is 18.3 Å². The number of carbonyl (C=O) groups is 1. The highest BCUT2D eigenvalue weighted by Gasteiger charge is 2.23. The van der Waals surface area contributed by atoms with Gasteiger partial charge in [0.25, 0.3) is 0 Å². The van der Waals surface area contributed by atoms with Gasteiger partial charge in [-0.15, -0.1) is 0 Å². The number of nitrogens with zero attached hydrogens (tertiary/aromatic N) is 2. The zero-order chi connectivity index (χ0) is 19.5. The lowest BCUT2D eigenvalue weighted by Gasteiger charge is -2.20. The maximum absolute atomic E-state index is 14.5. The van der Waals surface area contributed by atoms with Crippen LogP contribution in [0.1, 0.15) is 23.0 Å². The Labute approximate surface area is 162 Å². The van der Waals surface area contributed by atoms with E-state index >= 15 is 0 Å². The van der Waals surface area contributed by atoms with E-state index in [0.29, 0.717) is 11.4 Å². The van der Waals surface area contributed by atoms with E-state index in [-0.39, 0.29) is 18.1 Å². The second-order valence-corrected chi connectivity index (χ2v) is 6.73. The number of carbonyl (C=O) groups excluding carboxylic acids is 1. The normalized spacial score (nSPS) is 12.1. The predicted molar refractivity (Wildman–Crippen MR) is 107 cm³/mol. The molecule has 4 rings (SSSR count). The van der Waals surface area contributed by atoms with Crippen molar-refractivity contribution in [1.29, 1.82) is 0 Å². The predicted octanol–water partition coefficient (Wildman–Crippen LogP) is 4.16. The number of amides is 1. The molecule has 1 aromatic heterocycles. The second-order valence-electron chi connectivity index (χ2n) is 6.73. The van der Waals surface area contributed by atoms with Gasteiger partial charge in [-0.2, -0.15) is 0 Å². The third-order valence-corrected chi connectivity index (χ3v) is 4.87. The number of hydrogen-bond donors (Lipinski definition) is 1. The maximum atomic E-state index is 14.5. The first kappa shape index (κ1) is 17.9. The SMILES string of the molecule is Cn1ccnc1[C@H](NC(=O)Cc1cccc2ccccc12)c1ccccc1F. The number of benzene rings is 3. The second kappa shape index (κ2) is 7.64. The highest BCUT2D eigenvalue weighted by molar-refractivity contribution is 5.90. The lowest BCUT2D eigenvalue weighted by atomic mass is 10.0. The van der Waals surface area contributed by atoms with Gasteiger partial charge in [-0.1, -0.05) is 60.7 Å². The standard InChI is InChI=1S/C23H20FN3O/c1-27-14-13-25-23(27)22(19-11-4-5-12-20(19)24)26-21(28)15-17-9-6-8-16-7-2-3-10-18(16)17/h2-14,22H,15H2,1H3,(H,26,28)/t22-/m1/s1. The average molecular weight is 373 g/mol. The van der Waals surface area contributed by atoms with Crippen LogP contribution in [0.5, 0.6) is 0 Å². The molecule has 1 heterocycles. The minimum atomic E-state index is -0.663. The van der Waals surface area contributed by atoms with Gasteiger partial charge >= 0.3 is 0 Å². The van der Waals surface area contributed by atoms with Crippen LogP contribution in [-0.4, -0.2) is 15.5 Å². The van der Waals surface area contributed by atoms with E-state index in [9.17, 15) is 9.18 Å². The molecular weight excluding hydrogens is 353 g/mol. The first-order valence-corrected chi connectivity index (χ1v) is 9.11. The molecule has 0 aliphatic heterocycles. The largest absolute Gasteiger partial charge is 0.342 e. The summed E-state index contributed by atoms with van der Waals surface area (Å²) in [6, 6.07) is 19.7. The van der Waals surface area contributed by atoms with Crippen molar-refractivity contribution in [2.75, 3.05) is 0 Å². The van der Waals surface area contributed by atoms with Crippen molar-refractivity contribution in [3.05, 3.63) is 102 Å². The highest BCUT2D eigenvalue weighted by atomic mass is 19.1. The van der Waals surface area contributed by atoms with Crippen LogP contribution in [0.2, 0.25) is 0 Å². The van der Waals surface area contributed by atoms with Gasteiger partial charge in [0, 0.05) is 25.0 Å². The molecule has 140 valence electrons. The van der Waals surface area contributed by atoms with Crippen LogP contribution in [0.4, 0.5) is 4.39 Å². The minimum Gasteiger partial charge on any atom is -0.342 e. The van der Waals surface area contributed by atoms with Crippen LogP contribution in [0.25, 0.3) is 10.8 Å². The molecule has 28 heavy (non-hydrogen) atoms. The number of fused-ring (bicyclic) bond motifs is 1. The number of hydrogen-bond acceptors (Lipinski definition) is 2. The molecule has 5 heteroatoms. The Kier molecular flexibility index (Phi) is 4.89. The summed E-state index contributed by atoms with van der Waals surface area (Å²) >= 11 is 0. The van der Waals surface area contributed by atoms with Crippen molar-refractivity contribution in [2.45, 2.75) is 12.5 Å². The minimum absolute atomic E-state index is 0.187. The molecule has 0 bridgehead atoms. The zero-order valence-corrected chi connectivity index (χ0v) is 15.5. The zero-order valence-electron chi connectivity index (χ0n) is 15.5. The van der Waals surface area contributed by atoms with E-state index in [0.717, 1.165) is 16.3 Å². The number of aromatic nitrogens is 2. The smallest absolute Gasteiger partial charge is 0.225 e. The van der Waals surface area contributed by atoms with Crippen LogP contribution in [0, 0.1) is 5.82 Å². The van der Waals surface area contributed by atoms with Crippen LogP contribution in [0.3, 0.4) is 0 Å². The van der Waals surface area contributed by atoms with Crippen molar-refractivity contribution in [2.24, 2.45) is 7.05 Å². The summed E-state index contributed by atoms with van der Waals surface area (Å²) in [7, 11) is 1.83. The van der Waals surface area contributed by atoms with E-state index in [4.69, 9.17) is 0 Å². The molecule has 1 N–H and O–H groups in total. The molecule has 0 fully saturated rings. The van der Waals surface area contributed by atoms with E-state index < -0.39 is 6.04 Å². The Bertz CT molecular complexity index is 1130. The fraction of sp³-hybridized carbons (Fsp3) is 0.130. The maximum Gasteiger partial charge on any atom is 0.225 e. The first-order chi connectivity index (χ1) is 13.6. The van der Waals surface area contributed by atoms with E-state index in [1.54, 1.807) is 35.2 Å². The topological polar surface area (TPSA) is 46.9 Å².